The van der Waals surface area contributed by atoms with E-state index in [2.05, 4.69) is 30.4 Å². The van der Waals surface area contributed by atoms with Gasteiger partial charge in [-0.1, -0.05) is 6.07 Å². The Morgan fingerprint density at radius 3 is 3.11 bits per heavy atom. The van der Waals surface area contributed by atoms with Crippen LogP contribution in [0.4, 0.5) is 0 Å². The normalized spacial score (nSPS) is 19.3. The minimum Gasteiger partial charge on any atom is -0.325 e. The van der Waals surface area contributed by atoms with Gasteiger partial charge in [0.1, 0.15) is 11.3 Å². The molecule has 1 saturated heterocycles. The summed E-state index contributed by atoms with van der Waals surface area (Å²) in [5.41, 5.74) is 2.00. The summed E-state index contributed by atoms with van der Waals surface area (Å²) in [6, 6.07) is 6.52. The van der Waals surface area contributed by atoms with Crippen molar-refractivity contribution < 1.29 is 0 Å². The Hall–Kier alpha value is -2.14. The number of nitrogens with one attached hydrogen (secondary N) is 1. The molecule has 0 saturated carbocycles. The first-order valence-electron chi connectivity index (χ1n) is 6.59. The Kier molecular flexibility index (Phi) is 2.38. The van der Waals surface area contributed by atoms with Crippen LogP contribution in [-0.4, -0.2) is 32.0 Å². The van der Waals surface area contributed by atoms with E-state index in [1.165, 1.54) is 0 Å². The van der Waals surface area contributed by atoms with Crippen LogP contribution < -0.4 is 5.32 Å². The molecule has 0 unspecified atom stereocenters. The molecule has 1 aliphatic heterocycles. The highest BCUT2D eigenvalue weighted by Crippen LogP contribution is 2.25. The molecule has 96 valence electrons. The predicted octanol–water partition coefficient (Wildman–Crippen LogP) is 1.73. The molecule has 19 heavy (non-hydrogen) atoms. The van der Waals surface area contributed by atoms with Gasteiger partial charge in [-0.05, 0) is 25.1 Å². The molecule has 1 atom stereocenters. The van der Waals surface area contributed by atoms with Crippen molar-refractivity contribution in [1.29, 1.82) is 0 Å². The summed E-state index contributed by atoms with van der Waals surface area (Å²) in [5.74, 6) is 0.993. The molecule has 0 aromatic carbocycles. The van der Waals surface area contributed by atoms with Crippen molar-refractivity contribution in [3.05, 3.63) is 43.0 Å². The molecule has 4 rings (SSSR count). The van der Waals surface area contributed by atoms with Gasteiger partial charge in [0, 0.05) is 31.2 Å². The van der Waals surface area contributed by atoms with E-state index >= 15 is 0 Å². The molecule has 5 heteroatoms. The van der Waals surface area contributed by atoms with Crippen molar-refractivity contribution in [3.8, 4) is 11.5 Å². The molecular formula is C14H15N5. The van der Waals surface area contributed by atoms with Gasteiger partial charge in [0.25, 0.3) is 0 Å². The zero-order chi connectivity index (χ0) is 12.7. The smallest absolute Gasteiger partial charge is 0.158 e. The zero-order valence-electron chi connectivity index (χ0n) is 10.5. The number of pyridine rings is 1. The van der Waals surface area contributed by atoms with Gasteiger partial charge in [-0.15, -0.1) is 0 Å². The average Bonchev–Trinajstić information content (AvgIpc) is 3.17. The first-order valence-corrected chi connectivity index (χ1v) is 6.59. The molecule has 0 radical (unpaired) electrons. The molecule has 5 nitrogen and oxygen atoms in total. The lowest BCUT2D eigenvalue weighted by atomic mass is 10.2. The van der Waals surface area contributed by atoms with Gasteiger partial charge in [-0.3, -0.25) is 4.40 Å². The number of rotatable bonds is 2. The van der Waals surface area contributed by atoms with Crippen LogP contribution in [-0.2, 0) is 0 Å². The Bertz CT molecular complexity index is 705. The summed E-state index contributed by atoms with van der Waals surface area (Å²) in [5, 5.41) is 3.40. The summed E-state index contributed by atoms with van der Waals surface area (Å²) in [7, 11) is 0. The Labute approximate surface area is 110 Å². The quantitative estimate of drug-likeness (QED) is 0.756. The van der Waals surface area contributed by atoms with Gasteiger partial charge >= 0.3 is 0 Å². The third-order valence-electron chi connectivity index (χ3n) is 3.74. The van der Waals surface area contributed by atoms with Crippen molar-refractivity contribution >= 4 is 5.65 Å². The van der Waals surface area contributed by atoms with Crippen LogP contribution in [0.5, 0.6) is 0 Å². The third-order valence-corrected chi connectivity index (χ3v) is 3.74. The molecule has 1 N–H and O–H groups in total. The molecule has 3 aromatic heterocycles. The molecule has 1 fully saturated rings. The number of imidazole rings is 2. The van der Waals surface area contributed by atoms with E-state index in [1.807, 2.05) is 36.8 Å². The molecule has 3 aromatic rings. The molecule has 4 heterocycles. The Balaban J connectivity index is 1.86. The minimum absolute atomic E-state index is 0.492. The highest BCUT2D eigenvalue weighted by Gasteiger charge is 2.20. The van der Waals surface area contributed by atoms with E-state index < -0.39 is 0 Å². The molecule has 0 aliphatic carbocycles. The first kappa shape index (κ1) is 10.8. The monoisotopic (exact) mass is 253 g/mol. The maximum absolute atomic E-state index is 4.53. The van der Waals surface area contributed by atoms with Crippen LogP contribution >= 0.6 is 0 Å². The van der Waals surface area contributed by atoms with Gasteiger partial charge in [-0.25, -0.2) is 9.97 Å². The standard InChI is InChI=1S/C14H15N5/c1-2-7-19-12(10-17-13(19)3-1)14-16-6-8-18(14)11-4-5-15-9-11/h1-3,6-8,10-11,15H,4-5,9H2/t11-/m1/s1. The first-order chi connectivity index (χ1) is 9.43. The lowest BCUT2D eigenvalue weighted by Crippen LogP contribution is -2.14. The summed E-state index contributed by atoms with van der Waals surface area (Å²) < 4.78 is 4.34. The molecule has 0 spiro atoms. The summed E-state index contributed by atoms with van der Waals surface area (Å²) in [6.45, 7) is 2.09. The Morgan fingerprint density at radius 1 is 1.21 bits per heavy atom. The highest BCUT2D eigenvalue weighted by molar-refractivity contribution is 5.57. The van der Waals surface area contributed by atoms with Crippen LogP contribution in [0.3, 0.4) is 0 Å². The molecule has 0 bridgehead atoms. The minimum atomic E-state index is 0.492. The molecule has 1 aliphatic rings. The van der Waals surface area contributed by atoms with Gasteiger partial charge < -0.3 is 9.88 Å². The van der Waals surface area contributed by atoms with Gasteiger partial charge in [0.05, 0.1) is 6.20 Å². The fourth-order valence-electron chi connectivity index (χ4n) is 2.78. The Morgan fingerprint density at radius 2 is 2.21 bits per heavy atom. The van der Waals surface area contributed by atoms with Crippen LogP contribution in [0.1, 0.15) is 12.5 Å². The van der Waals surface area contributed by atoms with Crippen molar-refractivity contribution in [1.82, 2.24) is 24.3 Å². The van der Waals surface area contributed by atoms with Crippen LogP contribution in [0.25, 0.3) is 17.2 Å². The SMILES string of the molecule is c1ccn2c(-c3nccn3[C@@H]3CCNC3)cnc2c1. The average molecular weight is 253 g/mol. The van der Waals surface area contributed by atoms with Crippen molar-refractivity contribution in [3.63, 3.8) is 0 Å². The predicted molar refractivity (Wildman–Crippen MR) is 72.9 cm³/mol. The van der Waals surface area contributed by atoms with E-state index in [0.717, 1.165) is 36.7 Å². The fraction of sp³-hybridized carbons (Fsp3) is 0.286. The number of hydrogen-bond acceptors (Lipinski definition) is 3. The number of fused-ring (bicyclic) bond motifs is 1. The molecule has 0 amide bonds. The van der Waals surface area contributed by atoms with E-state index in [1.54, 1.807) is 0 Å². The number of hydrogen-bond donors (Lipinski definition) is 1. The third kappa shape index (κ3) is 1.66. The van der Waals surface area contributed by atoms with Crippen LogP contribution in [0.15, 0.2) is 43.0 Å². The van der Waals surface area contributed by atoms with Crippen molar-refractivity contribution in [2.75, 3.05) is 13.1 Å². The largest absolute Gasteiger partial charge is 0.325 e. The summed E-state index contributed by atoms with van der Waals surface area (Å²) in [6.07, 6.45) is 9.02. The number of aromatic nitrogens is 4. The van der Waals surface area contributed by atoms with Gasteiger partial charge in [-0.2, -0.15) is 0 Å². The van der Waals surface area contributed by atoms with Crippen LogP contribution in [0.2, 0.25) is 0 Å². The van der Waals surface area contributed by atoms with Crippen molar-refractivity contribution in [2.45, 2.75) is 12.5 Å². The summed E-state index contributed by atoms with van der Waals surface area (Å²) >= 11 is 0. The van der Waals surface area contributed by atoms with E-state index in [9.17, 15) is 0 Å². The second kappa shape index (κ2) is 4.20. The van der Waals surface area contributed by atoms with E-state index in [0.29, 0.717) is 6.04 Å². The second-order valence-electron chi connectivity index (χ2n) is 4.88. The summed E-state index contributed by atoms with van der Waals surface area (Å²) in [4.78, 5) is 8.96. The lowest BCUT2D eigenvalue weighted by Gasteiger charge is -2.13. The maximum Gasteiger partial charge on any atom is 0.158 e. The van der Waals surface area contributed by atoms with E-state index in [4.69, 9.17) is 0 Å². The topological polar surface area (TPSA) is 47.1 Å². The van der Waals surface area contributed by atoms with E-state index in [-0.39, 0.29) is 0 Å². The zero-order valence-corrected chi connectivity index (χ0v) is 10.5. The lowest BCUT2D eigenvalue weighted by molar-refractivity contribution is 0.551. The fourth-order valence-corrected chi connectivity index (χ4v) is 2.78. The maximum atomic E-state index is 4.53. The number of nitrogens with zero attached hydrogens (tertiary/aromatic N) is 4. The van der Waals surface area contributed by atoms with Crippen LogP contribution in [0, 0.1) is 0 Å². The molecular weight excluding hydrogens is 238 g/mol. The van der Waals surface area contributed by atoms with Gasteiger partial charge in [0.2, 0.25) is 0 Å². The highest BCUT2D eigenvalue weighted by atomic mass is 15.2. The second-order valence-corrected chi connectivity index (χ2v) is 4.88. The van der Waals surface area contributed by atoms with Gasteiger partial charge in [0.15, 0.2) is 5.82 Å². The van der Waals surface area contributed by atoms with Crippen molar-refractivity contribution in [2.24, 2.45) is 0 Å².